The lowest BCUT2D eigenvalue weighted by Crippen LogP contribution is -2.44. The van der Waals surface area contributed by atoms with Crippen molar-refractivity contribution in [3.05, 3.63) is 46.9 Å². The second kappa shape index (κ2) is 6.88. The lowest BCUT2D eigenvalue weighted by Gasteiger charge is -2.36. The van der Waals surface area contributed by atoms with E-state index in [2.05, 4.69) is 34.4 Å². The number of aryl methyl sites for hydroxylation is 1. The summed E-state index contributed by atoms with van der Waals surface area (Å²) in [5.41, 5.74) is 7.68. The van der Waals surface area contributed by atoms with E-state index < -0.39 is 0 Å². The molecule has 0 amide bonds. The molecule has 0 aliphatic heterocycles. The molecule has 154 valence electrons. The molecule has 0 spiro atoms. The number of aliphatic hydroxyl groups is 1. The van der Waals surface area contributed by atoms with E-state index in [-0.39, 0.29) is 27.9 Å². The van der Waals surface area contributed by atoms with Crippen LogP contribution in [-0.4, -0.2) is 31.7 Å². The molecule has 29 heavy (non-hydrogen) atoms. The van der Waals surface area contributed by atoms with E-state index >= 15 is 0 Å². The van der Waals surface area contributed by atoms with Crippen LogP contribution < -0.4 is 16.4 Å². The standard InChI is InChI=1S/C21H26FN5OS/c1-11-15(17(23)29)18(27-20(2)9-8-14-16(28)21(14,20)3)26-19(25-11)24-10-12-4-6-13(22)7-5-12/h4-7,14,16,28H,8-10H2,1-3H3,(H2,23,29)(H2,24,25,26,27). The Morgan fingerprint density at radius 2 is 2.00 bits per heavy atom. The van der Waals surface area contributed by atoms with Gasteiger partial charge in [0, 0.05) is 17.5 Å². The van der Waals surface area contributed by atoms with Gasteiger partial charge in [-0.25, -0.2) is 9.37 Å². The van der Waals surface area contributed by atoms with Crippen LogP contribution in [0, 0.1) is 24.1 Å². The normalized spacial score (nSPS) is 30.0. The molecular formula is C21H26FN5OS. The van der Waals surface area contributed by atoms with Crippen molar-refractivity contribution in [2.45, 2.75) is 51.8 Å². The first-order valence-corrected chi connectivity index (χ1v) is 10.2. The maximum Gasteiger partial charge on any atom is 0.225 e. The van der Waals surface area contributed by atoms with Crippen molar-refractivity contribution in [2.75, 3.05) is 10.6 Å². The zero-order chi connectivity index (χ0) is 21.0. The number of nitrogens with zero attached hydrogens (tertiary/aromatic N) is 2. The van der Waals surface area contributed by atoms with Crippen molar-refractivity contribution < 1.29 is 9.50 Å². The molecule has 2 aromatic rings. The largest absolute Gasteiger partial charge is 0.392 e. The Labute approximate surface area is 175 Å². The summed E-state index contributed by atoms with van der Waals surface area (Å²) in [4.78, 5) is 9.37. The number of thiocarbonyl (C=S) groups is 1. The minimum atomic E-state index is -0.314. The van der Waals surface area contributed by atoms with Gasteiger partial charge in [-0.05, 0) is 50.3 Å². The van der Waals surface area contributed by atoms with Crippen LogP contribution in [0.5, 0.6) is 0 Å². The molecule has 5 N–H and O–H groups in total. The van der Waals surface area contributed by atoms with Crippen LogP contribution in [0.25, 0.3) is 0 Å². The van der Waals surface area contributed by atoms with Gasteiger partial charge in [-0.1, -0.05) is 31.3 Å². The van der Waals surface area contributed by atoms with E-state index in [4.69, 9.17) is 18.0 Å². The van der Waals surface area contributed by atoms with Gasteiger partial charge in [0.05, 0.1) is 17.4 Å². The Balaban J connectivity index is 1.61. The quantitative estimate of drug-likeness (QED) is 0.538. The van der Waals surface area contributed by atoms with Crippen LogP contribution in [0.1, 0.15) is 43.5 Å². The summed E-state index contributed by atoms with van der Waals surface area (Å²) in [5.74, 6) is 1.06. The third-order valence-corrected chi connectivity index (χ3v) is 7.10. The second-order valence-electron chi connectivity index (χ2n) is 8.53. The molecule has 4 atom stereocenters. The molecule has 6 nitrogen and oxygen atoms in total. The molecule has 8 heteroatoms. The number of fused-ring (bicyclic) bond motifs is 1. The minimum Gasteiger partial charge on any atom is -0.392 e. The minimum absolute atomic E-state index is 0.193. The SMILES string of the molecule is Cc1nc(NCc2ccc(F)cc2)nc(NC2(C)CCC3C(O)C32C)c1C(N)=S. The number of hydrogen-bond donors (Lipinski definition) is 4. The van der Waals surface area contributed by atoms with Crippen molar-refractivity contribution >= 4 is 29.0 Å². The van der Waals surface area contributed by atoms with Gasteiger partial charge in [0.1, 0.15) is 16.6 Å². The van der Waals surface area contributed by atoms with E-state index in [1.807, 2.05) is 6.92 Å². The van der Waals surface area contributed by atoms with Crippen molar-refractivity contribution in [2.24, 2.45) is 17.1 Å². The number of nitrogens with one attached hydrogen (secondary N) is 2. The predicted octanol–water partition coefficient (Wildman–Crippen LogP) is 3.13. The summed E-state index contributed by atoms with van der Waals surface area (Å²) in [6.07, 6.45) is 1.60. The molecular weight excluding hydrogens is 389 g/mol. The lowest BCUT2D eigenvalue weighted by molar-refractivity contribution is 0.172. The van der Waals surface area contributed by atoms with E-state index in [0.29, 0.717) is 35.5 Å². The number of hydrogen-bond acceptors (Lipinski definition) is 6. The van der Waals surface area contributed by atoms with Gasteiger partial charge in [0.2, 0.25) is 5.95 Å². The molecule has 2 aliphatic carbocycles. The van der Waals surface area contributed by atoms with Crippen LogP contribution >= 0.6 is 12.2 Å². The van der Waals surface area contributed by atoms with Gasteiger partial charge < -0.3 is 21.5 Å². The maximum atomic E-state index is 13.1. The third-order valence-electron chi connectivity index (χ3n) is 6.90. The van der Waals surface area contributed by atoms with Gasteiger partial charge in [-0.2, -0.15) is 4.98 Å². The van der Waals surface area contributed by atoms with E-state index in [1.165, 1.54) is 12.1 Å². The summed E-state index contributed by atoms with van der Waals surface area (Å²) in [7, 11) is 0. The molecule has 2 fully saturated rings. The first kappa shape index (κ1) is 20.0. The third kappa shape index (κ3) is 3.24. The molecule has 0 saturated heterocycles. The van der Waals surface area contributed by atoms with Crippen LogP contribution in [0.3, 0.4) is 0 Å². The second-order valence-corrected chi connectivity index (χ2v) is 8.97. The molecule has 4 rings (SSSR count). The Morgan fingerprint density at radius 3 is 2.59 bits per heavy atom. The smallest absolute Gasteiger partial charge is 0.225 e. The number of aliphatic hydroxyl groups excluding tert-OH is 1. The lowest BCUT2D eigenvalue weighted by atomic mass is 9.84. The average molecular weight is 416 g/mol. The Hall–Kier alpha value is -2.32. The fourth-order valence-electron chi connectivity index (χ4n) is 4.76. The van der Waals surface area contributed by atoms with E-state index in [9.17, 15) is 9.50 Å². The summed E-state index contributed by atoms with van der Waals surface area (Å²) < 4.78 is 13.1. The molecule has 0 bridgehead atoms. The Kier molecular flexibility index (Phi) is 4.74. The van der Waals surface area contributed by atoms with Crippen LogP contribution in [0.2, 0.25) is 0 Å². The van der Waals surface area contributed by atoms with Gasteiger partial charge in [0.15, 0.2) is 0 Å². The topological polar surface area (TPSA) is 96.1 Å². The van der Waals surface area contributed by atoms with Crippen molar-refractivity contribution in [3.63, 3.8) is 0 Å². The number of benzene rings is 1. The fraction of sp³-hybridized carbons (Fsp3) is 0.476. The summed E-state index contributed by atoms with van der Waals surface area (Å²) in [6.45, 7) is 6.54. The zero-order valence-corrected chi connectivity index (χ0v) is 17.6. The highest BCUT2D eigenvalue weighted by Gasteiger charge is 2.73. The monoisotopic (exact) mass is 415 g/mol. The summed E-state index contributed by atoms with van der Waals surface area (Å²) >= 11 is 5.25. The van der Waals surface area contributed by atoms with Gasteiger partial charge in [-0.15, -0.1) is 0 Å². The van der Waals surface area contributed by atoms with E-state index in [0.717, 1.165) is 18.4 Å². The first-order chi connectivity index (χ1) is 13.7. The number of rotatable bonds is 6. The Morgan fingerprint density at radius 1 is 1.31 bits per heavy atom. The molecule has 2 aliphatic rings. The highest BCUT2D eigenvalue weighted by Crippen LogP contribution is 2.68. The molecule has 2 saturated carbocycles. The Bertz CT molecular complexity index is 968. The van der Waals surface area contributed by atoms with Gasteiger partial charge in [-0.3, -0.25) is 0 Å². The van der Waals surface area contributed by atoms with Gasteiger partial charge >= 0.3 is 0 Å². The predicted molar refractivity (Wildman–Crippen MR) is 115 cm³/mol. The molecule has 0 radical (unpaired) electrons. The number of halogens is 1. The highest BCUT2D eigenvalue weighted by atomic mass is 32.1. The number of anilines is 2. The summed E-state index contributed by atoms with van der Waals surface area (Å²) in [6, 6.07) is 6.27. The molecule has 1 aromatic heterocycles. The number of nitrogens with two attached hydrogens (primary N) is 1. The van der Waals surface area contributed by atoms with Gasteiger partial charge in [0.25, 0.3) is 0 Å². The molecule has 4 unspecified atom stereocenters. The molecule has 1 heterocycles. The fourth-order valence-corrected chi connectivity index (χ4v) is 5.01. The van der Waals surface area contributed by atoms with Crippen molar-refractivity contribution in [3.8, 4) is 0 Å². The maximum absolute atomic E-state index is 13.1. The summed E-state index contributed by atoms with van der Waals surface area (Å²) in [5, 5.41) is 17.1. The van der Waals surface area contributed by atoms with Crippen molar-refractivity contribution in [1.82, 2.24) is 9.97 Å². The highest BCUT2D eigenvalue weighted by molar-refractivity contribution is 7.80. The van der Waals surface area contributed by atoms with Crippen LogP contribution in [-0.2, 0) is 6.54 Å². The van der Waals surface area contributed by atoms with Crippen molar-refractivity contribution in [1.29, 1.82) is 0 Å². The first-order valence-electron chi connectivity index (χ1n) is 9.79. The average Bonchev–Trinajstić information content (AvgIpc) is 3.08. The zero-order valence-electron chi connectivity index (χ0n) is 16.8. The molecule has 1 aromatic carbocycles. The van der Waals surface area contributed by atoms with Crippen LogP contribution in [0.4, 0.5) is 16.2 Å². The van der Waals surface area contributed by atoms with E-state index in [1.54, 1.807) is 12.1 Å². The van der Waals surface area contributed by atoms with Crippen LogP contribution in [0.15, 0.2) is 24.3 Å². The number of aromatic nitrogens is 2.